The highest BCUT2D eigenvalue weighted by molar-refractivity contribution is 7.11. The van der Waals surface area contributed by atoms with Crippen molar-refractivity contribution in [2.75, 3.05) is 6.61 Å². The zero-order chi connectivity index (χ0) is 14.8. The fraction of sp³-hybridized carbons (Fsp3) is 0.438. The molecule has 0 spiro atoms. The molecule has 1 aliphatic heterocycles. The molecule has 0 bridgehead atoms. The van der Waals surface area contributed by atoms with Crippen LogP contribution in [0.1, 0.15) is 39.2 Å². The third kappa shape index (κ3) is 3.10. The fourth-order valence-electron chi connectivity index (χ4n) is 2.87. The molecule has 0 amide bonds. The molecule has 0 fully saturated rings. The molecule has 21 heavy (non-hydrogen) atoms. The maximum absolute atomic E-state index is 5.75. The molecule has 1 aliphatic rings. The van der Waals surface area contributed by atoms with Crippen LogP contribution in [0.3, 0.4) is 0 Å². The van der Waals surface area contributed by atoms with Crippen molar-refractivity contribution in [3.8, 4) is 5.75 Å². The zero-order valence-corrected chi connectivity index (χ0v) is 13.3. The molecule has 0 saturated heterocycles. The highest BCUT2D eigenvalue weighted by Crippen LogP contribution is 2.29. The van der Waals surface area contributed by atoms with Gasteiger partial charge >= 0.3 is 0 Å². The standard InChI is InChI=1S/C16H21N3OS/c1-10-16(21-11(2)18-10)14(19-17)5-3-12-4-6-15-13(9-12)7-8-20-15/h4,6,9,14,19H,3,5,7-8,17H2,1-2H3. The van der Waals surface area contributed by atoms with Crippen LogP contribution in [-0.2, 0) is 12.8 Å². The summed E-state index contributed by atoms with van der Waals surface area (Å²) in [5.41, 5.74) is 6.70. The van der Waals surface area contributed by atoms with Crippen LogP contribution in [0.15, 0.2) is 18.2 Å². The molecule has 3 rings (SSSR count). The van der Waals surface area contributed by atoms with Gasteiger partial charge in [-0.2, -0.15) is 0 Å². The van der Waals surface area contributed by atoms with E-state index in [4.69, 9.17) is 10.6 Å². The summed E-state index contributed by atoms with van der Waals surface area (Å²) < 4.78 is 5.55. The number of fused-ring (bicyclic) bond motifs is 1. The van der Waals surface area contributed by atoms with Gasteiger partial charge in [-0.05, 0) is 43.9 Å². The highest BCUT2D eigenvalue weighted by Gasteiger charge is 2.17. The van der Waals surface area contributed by atoms with Gasteiger partial charge in [0.15, 0.2) is 0 Å². The third-order valence-corrected chi connectivity index (χ3v) is 5.12. The second-order valence-electron chi connectivity index (χ2n) is 5.48. The van der Waals surface area contributed by atoms with E-state index in [-0.39, 0.29) is 6.04 Å². The predicted octanol–water partition coefficient (Wildman–Crippen LogP) is 2.83. The lowest BCUT2D eigenvalue weighted by molar-refractivity contribution is 0.357. The van der Waals surface area contributed by atoms with E-state index in [1.54, 1.807) is 11.3 Å². The second-order valence-corrected chi connectivity index (χ2v) is 6.72. The van der Waals surface area contributed by atoms with E-state index in [1.165, 1.54) is 16.0 Å². The second kappa shape index (κ2) is 6.13. The molecular formula is C16H21N3OS. The maximum atomic E-state index is 5.75. The van der Waals surface area contributed by atoms with Crippen molar-refractivity contribution in [1.29, 1.82) is 0 Å². The van der Waals surface area contributed by atoms with Gasteiger partial charge < -0.3 is 4.74 Å². The number of hydrogen-bond donors (Lipinski definition) is 2. The smallest absolute Gasteiger partial charge is 0.122 e. The average molecular weight is 303 g/mol. The van der Waals surface area contributed by atoms with E-state index >= 15 is 0 Å². The van der Waals surface area contributed by atoms with Gasteiger partial charge in [-0.1, -0.05) is 12.1 Å². The SMILES string of the molecule is Cc1nc(C)c(C(CCc2ccc3c(c2)CCO3)NN)s1. The topological polar surface area (TPSA) is 60.2 Å². The van der Waals surface area contributed by atoms with Gasteiger partial charge in [0, 0.05) is 11.3 Å². The fourth-order valence-corrected chi connectivity index (χ4v) is 3.89. The van der Waals surface area contributed by atoms with Crippen LogP contribution >= 0.6 is 11.3 Å². The number of ether oxygens (including phenoxy) is 1. The van der Waals surface area contributed by atoms with E-state index in [0.29, 0.717) is 0 Å². The Bertz CT molecular complexity index is 638. The van der Waals surface area contributed by atoms with E-state index < -0.39 is 0 Å². The molecule has 2 heterocycles. The van der Waals surface area contributed by atoms with Crippen molar-refractivity contribution >= 4 is 11.3 Å². The monoisotopic (exact) mass is 303 g/mol. The minimum atomic E-state index is 0.167. The lowest BCUT2D eigenvalue weighted by Crippen LogP contribution is -2.28. The molecule has 1 aromatic carbocycles. The number of hydrazine groups is 1. The Morgan fingerprint density at radius 3 is 3.00 bits per heavy atom. The van der Waals surface area contributed by atoms with Gasteiger partial charge in [-0.3, -0.25) is 11.3 Å². The van der Waals surface area contributed by atoms with Gasteiger partial charge in [0.25, 0.3) is 0 Å². The minimum absolute atomic E-state index is 0.167. The summed E-state index contributed by atoms with van der Waals surface area (Å²) in [4.78, 5) is 5.74. The van der Waals surface area contributed by atoms with Gasteiger partial charge in [-0.25, -0.2) is 4.98 Å². The Balaban J connectivity index is 1.69. The van der Waals surface area contributed by atoms with Gasteiger partial charge in [-0.15, -0.1) is 11.3 Å². The Hall–Kier alpha value is -1.43. The summed E-state index contributed by atoms with van der Waals surface area (Å²) in [6.45, 7) is 4.90. The summed E-state index contributed by atoms with van der Waals surface area (Å²) in [5.74, 6) is 6.79. The first-order valence-electron chi connectivity index (χ1n) is 7.32. The molecule has 3 N–H and O–H groups in total. The van der Waals surface area contributed by atoms with Crippen molar-refractivity contribution in [1.82, 2.24) is 10.4 Å². The zero-order valence-electron chi connectivity index (χ0n) is 12.5. The molecule has 2 aromatic rings. The molecule has 4 nitrogen and oxygen atoms in total. The number of benzene rings is 1. The van der Waals surface area contributed by atoms with E-state index in [0.717, 1.165) is 42.3 Å². The van der Waals surface area contributed by atoms with Crippen LogP contribution in [0.5, 0.6) is 5.75 Å². The van der Waals surface area contributed by atoms with Crippen LogP contribution in [0.2, 0.25) is 0 Å². The molecule has 1 atom stereocenters. The quantitative estimate of drug-likeness (QED) is 0.658. The van der Waals surface area contributed by atoms with Crippen LogP contribution < -0.4 is 16.0 Å². The van der Waals surface area contributed by atoms with E-state index in [9.17, 15) is 0 Å². The number of thiazole rings is 1. The normalized spacial score (nSPS) is 14.8. The molecule has 112 valence electrons. The van der Waals surface area contributed by atoms with Crippen molar-refractivity contribution < 1.29 is 4.74 Å². The van der Waals surface area contributed by atoms with Crippen molar-refractivity contribution in [2.45, 2.75) is 39.2 Å². The average Bonchev–Trinajstić information content (AvgIpc) is 3.05. The molecule has 1 unspecified atom stereocenters. The van der Waals surface area contributed by atoms with Gasteiger partial charge in [0.2, 0.25) is 0 Å². The molecule has 0 radical (unpaired) electrons. The van der Waals surface area contributed by atoms with Gasteiger partial charge in [0.1, 0.15) is 5.75 Å². The number of hydrogen-bond acceptors (Lipinski definition) is 5. The maximum Gasteiger partial charge on any atom is 0.122 e. The van der Waals surface area contributed by atoms with Crippen molar-refractivity contribution in [3.05, 3.63) is 44.9 Å². The predicted molar refractivity (Wildman–Crippen MR) is 85.6 cm³/mol. The van der Waals surface area contributed by atoms with Crippen LogP contribution in [0.25, 0.3) is 0 Å². The number of aryl methyl sites for hydroxylation is 3. The van der Waals surface area contributed by atoms with Crippen LogP contribution in [0.4, 0.5) is 0 Å². The van der Waals surface area contributed by atoms with E-state index in [2.05, 4.69) is 35.5 Å². The summed E-state index contributed by atoms with van der Waals surface area (Å²) >= 11 is 1.73. The first kappa shape index (κ1) is 14.5. The summed E-state index contributed by atoms with van der Waals surface area (Å²) in [6, 6.07) is 6.68. The third-order valence-electron chi connectivity index (χ3n) is 3.93. The van der Waals surface area contributed by atoms with E-state index in [1.807, 2.05) is 6.92 Å². The number of aromatic nitrogens is 1. The molecular weight excluding hydrogens is 282 g/mol. The first-order valence-corrected chi connectivity index (χ1v) is 8.13. The number of nitrogens with zero attached hydrogens (tertiary/aromatic N) is 1. The van der Waals surface area contributed by atoms with Gasteiger partial charge in [0.05, 0.1) is 23.4 Å². The largest absolute Gasteiger partial charge is 0.493 e. The lowest BCUT2D eigenvalue weighted by atomic mass is 10.0. The minimum Gasteiger partial charge on any atom is -0.493 e. The summed E-state index contributed by atoms with van der Waals surface area (Å²) in [6.07, 6.45) is 2.99. The van der Waals surface area contributed by atoms with Crippen LogP contribution in [0, 0.1) is 13.8 Å². The number of rotatable bonds is 5. The first-order chi connectivity index (χ1) is 10.2. The Morgan fingerprint density at radius 2 is 2.29 bits per heavy atom. The molecule has 5 heteroatoms. The lowest BCUT2D eigenvalue weighted by Gasteiger charge is -2.15. The molecule has 0 aliphatic carbocycles. The Morgan fingerprint density at radius 1 is 1.43 bits per heavy atom. The summed E-state index contributed by atoms with van der Waals surface area (Å²) in [5, 5.41) is 1.09. The van der Waals surface area contributed by atoms with Crippen molar-refractivity contribution in [2.24, 2.45) is 5.84 Å². The molecule has 0 saturated carbocycles. The Kier molecular flexibility index (Phi) is 4.24. The highest BCUT2D eigenvalue weighted by atomic mass is 32.1. The number of nitrogens with one attached hydrogen (secondary N) is 1. The van der Waals surface area contributed by atoms with Crippen LogP contribution in [-0.4, -0.2) is 11.6 Å². The number of nitrogens with two attached hydrogens (primary N) is 1. The summed E-state index contributed by atoms with van der Waals surface area (Å²) in [7, 11) is 0. The molecule has 1 aromatic heterocycles. The Labute approximate surface area is 129 Å². The van der Waals surface area contributed by atoms with Crippen molar-refractivity contribution in [3.63, 3.8) is 0 Å².